The van der Waals surface area contributed by atoms with Gasteiger partial charge in [0.25, 0.3) is 0 Å². The standard InChI is InChI=1S/C17H36N2O2/c1-7-15(8-2)19(13-14(4)5)12-10-11-17(6,18)16(20)21-9-3/h14-15H,7-13,18H2,1-6H3. The molecule has 126 valence electrons. The second-order valence-electron chi connectivity index (χ2n) is 6.60. The summed E-state index contributed by atoms with van der Waals surface area (Å²) < 4.78 is 5.04. The zero-order chi connectivity index (χ0) is 16.5. The average molecular weight is 300 g/mol. The van der Waals surface area contributed by atoms with Gasteiger partial charge in [0.05, 0.1) is 6.61 Å². The molecular weight excluding hydrogens is 264 g/mol. The topological polar surface area (TPSA) is 55.6 Å². The first-order chi connectivity index (χ1) is 9.78. The molecule has 1 unspecified atom stereocenters. The maximum Gasteiger partial charge on any atom is 0.325 e. The number of esters is 1. The molecule has 2 N–H and O–H groups in total. The van der Waals surface area contributed by atoms with Crippen molar-refractivity contribution < 1.29 is 9.53 Å². The van der Waals surface area contributed by atoms with E-state index >= 15 is 0 Å². The van der Waals surface area contributed by atoms with E-state index in [-0.39, 0.29) is 5.97 Å². The van der Waals surface area contributed by atoms with Crippen molar-refractivity contribution in [2.75, 3.05) is 19.7 Å². The molecule has 21 heavy (non-hydrogen) atoms. The number of carbonyl (C=O) groups is 1. The molecule has 0 rings (SSSR count). The molecule has 0 aliphatic rings. The molecule has 0 aromatic heterocycles. The van der Waals surface area contributed by atoms with Crippen LogP contribution in [0.25, 0.3) is 0 Å². The summed E-state index contributed by atoms with van der Waals surface area (Å²) in [7, 11) is 0. The second kappa shape index (κ2) is 10.2. The number of ether oxygens (including phenoxy) is 1. The molecule has 0 spiro atoms. The van der Waals surface area contributed by atoms with Crippen LogP contribution in [0.3, 0.4) is 0 Å². The van der Waals surface area contributed by atoms with Crippen molar-refractivity contribution in [3.05, 3.63) is 0 Å². The molecule has 4 nitrogen and oxygen atoms in total. The fraction of sp³-hybridized carbons (Fsp3) is 0.941. The van der Waals surface area contributed by atoms with Crippen molar-refractivity contribution in [1.82, 2.24) is 4.90 Å². The number of hydrogen-bond donors (Lipinski definition) is 1. The molecule has 0 aliphatic carbocycles. The lowest BCUT2D eigenvalue weighted by Gasteiger charge is -2.33. The van der Waals surface area contributed by atoms with E-state index in [9.17, 15) is 4.79 Å². The van der Waals surface area contributed by atoms with Crippen LogP contribution in [-0.4, -0.2) is 42.1 Å². The average Bonchev–Trinajstić information content (AvgIpc) is 2.39. The largest absolute Gasteiger partial charge is 0.465 e. The number of rotatable bonds is 11. The lowest BCUT2D eigenvalue weighted by molar-refractivity contribution is -0.149. The van der Waals surface area contributed by atoms with Crippen molar-refractivity contribution in [3.63, 3.8) is 0 Å². The van der Waals surface area contributed by atoms with E-state index in [1.807, 2.05) is 6.92 Å². The molecule has 0 aliphatic heterocycles. The van der Waals surface area contributed by atoms with Crippen LogP contribution in [0.5, 0.6) is 0 Å². The van der Waals surface area contributed by atoms with Crippen LogP contribution < -0.4 is 5.73 Å². The van der Waals surface area contributed by atoms with Gasteiger partial charge in [-0.3, -0.25) is 4.79 Å². The number of nitrogens with zero attached hydrogens (tertiary/aromatic N) is 1. The second-order valence-corrected chi connectivity index (χ2v) is 6.60. The summed E-state index contributed by atoms with van der Waals surface area (Å²) in [5.41, 5.74) is 5.21. The minimum Gasteiger partial charge on any atom is -0.465 e. The molecule has 0 fully saturated rings. The van der Waals surface area contributed by atoms with Crippen LogP contribution in [0.15, 0.2) is 0 Å². The summed E-state index contributed by atoms with van der Waals surface area (Å²) in [5.74, 6) is 0.364. The van der Waals surface area contributed by atoms with E-state index in [1.54, 1.807) is 6.92 Å². The third kappa shape index (κ3) is 7.82. The van der Waals surface area contributed by atoms with Gasteiger partial charge in [0, 0.05) is 12.6 Å². The van der Waals surface area contributed by atoms with Gasteiger partial charge in [0.15, 0.2) is 0 Å². The SMILES string of the molecule is CCOC(=O)C(C)(N)CCCN(CC(C)C)C(CC)CC. The van der Waals surface area contributed by atoms with E-state index in [0.717, 1.165) is 19.5 Å². The minimum absolute atomic E-state index is 0.289. The van der Waals surface area contributed by atoms with Crippen molar-refractivity contribution in [3.8, 4) is 0 Å². The molecule has 0 radical (unpaired) electrons. The van der Waals surface area contributed by atoms with Gasteiger partial charge < -0.3 is 15.4 Å². The molecule has 1 atom stereocenters. The number of hydrogen-bond acceptors (Lipinski definition) is 4. The molecule has 0 bridgehead atoms. The van der Waals surface area contributed by atoms with Gasteiger partial charge in [-0.15, -0.1) is 0 Å². The molecule has 0 saturated heterocycles. The lowest BCUT2D eigenvalue weighted by atomic mass is 9.96. The zero-order valence-corrected chi connectivity index (χ0v) is 14.9. The van der Waals surface area contributed by atoms with Crippen LogP contribution >= 0.6 is 0 Å². The van der Waals surface area contributed by atoms with Crippen LogP contribution in [0.1, 0.15) is 67.2 Å². The fourth-order valence-electron chi connectivity index (χ4n) is 2.74. The van der Waals surface area contributed by atoms with E-state index in [2.05, 4.69) is 32.6 Å². The summed E-state index contributed by atoms with van der Waals surface area (Å²) in [6.45, 7) is 15.1. The Morgan fingerprint density at radius 2 is 1.81 bits per heavy atom. The first kappa shape index (κ1) is 20.4. The maximum absolute atomic E-state index is 11.8. The predicted octanol–water partition coefficient (Wildman–Crippen LogP) is 3.19. The Morgan fingerprint density at radius 1 is 1.24 bits per heavy atom. The predicted molar refractivity (Wildman–Crippen MR) is 89.2 cm³/mol. The summed E-state index contributed by atoms with van der Waals surface area (Å²) in [6.07, 6.45) is 3.93. The van der Waals surface area contributed by atoms with Crippen molar-refractivity contribution in [2.45, 2.75) is 78.8 Å². The van der Waals surface area contributed by atoms with Crippen LogP contribution in [-0.2, 0) is 9.53 Å². The highest BCUT2D eigenvalue weighted by Crippen LogP contribution is 2.16. The highest BCUT2D eigenvalue weighted by molar-refractivity contribution is 5.79. The van der Waals surface area contributed by atoms with Crippen molar-refractivity contribution >= 4 is 5.97 Å². The zero-order valence-electron chi connectivity index (χ0n) is 14.9. The Balaban J connectivity index is 4.44. The third-order valence-corrected chi connectivity index (χ3v) is 3.94. The van der Waals surface area contributed by atoms with Gasteiger partial charge in [0.2, 0.25) is 0 Å². The highest BCUT2D eigenvalue weighted by atomic mass is 16.5. The monoisotopic (exact) mass is 300 g/mol. The van der Waals surface area contributed by atoms with Gasteiger partial charge in [-0.1, -0.05) is 27.7 Å². The van der Waals surface area contributed by atoms with Crippen molar-refractivity contribution in [1.29, 1.82) is 0 Å². The van der Waals surface area contributed by atoms with Crippen LogP contribution in [0.4, 0.5) is 0 Å². The smallest absolute Gasteiger partial charge is 0.325 e. The van der Waals surface area contributed by atoms with E-state index in [0.29, 0.717) is 25.0 Å². The Bertz CT molecular complexity index is 287. The Hall–Kier alpha value is -0.610. The minimum atomic E-state index is -0.868. The molecular formula is C17H36N2O2. The summed E-state index contributed by atoms with van der Waals surface area (Å²) in [5, 5.41) is 0. The fourth-order valence-corrected chi connectivity index (χ4v) is 2.74. The van der Waals surface area contributed by atoms with Gasteiger partial charge in [-0.05, 0) is 52.0 Å². The third-order valence-electron chi connectivity index (χ3n) is 3.94. The summed E-state index contributed by atoms with van der Waals surface area (Å²) in [4.78, 5) is 14.4. The van der Waals surface area contributed by atoms with Gasteiger partial charge in [-0.25, -0.2) is 0 Å². The van der Waals surface area contributed by atoms with E-state index in [1.165, 1.54) is 12.8 Å². The first-order valence-electron chi connectivity index (χ1n) is 8.48. The number of carbonyl (C=O) groups excluding carboxylic acids is 1. The molecule has 0 saturated carbocycles. The van der Waals surface area contributed by atoms with Crippen LogP contribution in [0, 0.1) is 5.92 Å². The van der Waals surface area contributed by atoms with Gasteiger partial charge >= 0.3 is 5.97 Å². The molecule has 0 heterocycles. The van der Waals surface area contributed by atoms with Gasteiger partial charge in [0.1, 0.15) is 5.54 Å². The molecule has 0 aromatic carbocycles. The van der Waals surface area contributed by atoms with Gasteiger partial charge in [-0.2, -0.15) is 0 Å². The van der Waals surface area contributed by atoms with E-state index in [4.69, 9.17) is 10.5 Å². The Kier molecular flexibility index (Phi) is 9.88. The molecule has 0 amide bonds. The lowest BCUT2D eigenvalue weighted by Crippen LogP contribution is -2.47. The summed E-state index contributed by atoms with van der Waals surface area (Å²) in [6, 6.07) is 0.624. The normalized spacial score (nSPS) is 14.8. The van der Waals surface area contributed by atoms with Crippen LogP contribution in [0.2, 0.25) is 0 Å². The van der Waals surface area contributed by atoms with Crippen molar-refractivity contribution in [2.24, 2.45) is 11.7 Å². The number of nitrogens with two attached hydrogens (primary N) is 1. The Morgan fingerprint density at radius 3 is 2.24 bits per heavy atom. The maximum atomic E-state index is 11.8. The molecule has 4 heteroatoms. The van der Waals surface area contributed by atoms with E-state index < -0.39 is 5.54 Å². The quantitative estimate of drug-likeness (QED) is 0.595. The highest BCUT2D eigenvalue weighted by Gasteiger charge is 2.29. The summed E-state index contributed by atoms with van der Waals surface area (Å²) >= 11 is 0. The first-order valence-corrected chi connectivity index (χ1v) is 8.48. The molecule has 0 aromatic rings. The Labute approximate surface area is 131 Å².